The molecular formula is C12H14BrN. The van der Waals surface area contributed by atoms with E-state index in [1.807, 2.05) is 0 Å². The summed E-state index contributed by atoms with van der Waals surface area (Å²) in [5.41, 5.74) is 3.86. The Labute approximate surface area is 92.6 Å². The molecule has 0 saturated heterocycles. The monoisotopic (exact) mass is 251 g/mol. The Morgan fingerprint density at radius 1 is 1.29 bits per heavy atom. The van der Waals surface area contributed by atoms with Crippen molar-refractivity contribution in [2.45, 2.75) is 26.7 Å². The Morgan fingerprint density at radius 3 is 2.64 bits per heavy atom. The summed E-state index contributed by atoms with van der Waals surface area (Å²) in [5, 5.41) is 1.29. The Balaban J connectivity index is 2.81. The summed E-state index contributed by atoms with van der Waals surface area (Å²) in [4.78, 5) is 3.43. The Bertz CT molecular complexity index is 468. The average Bonchev–Trinajstić information content (AvgIpc) is 2.43. The lowest BCUT2D eigenvalue weighted by molar-refractivity contribution is 0.873. The van der Waals surface area contributed by atoms with Gasteiger partial charge in [-0.1, -0.05) is 32.0 Å². The average molecular weight is 252 g/mol. The second-order valence-electron chi connectivity index (χ2n) is 3.99. The van der Waals surface area contributed by atoms with Gasteiger partial charge in [-0.25, -0.2) is 0 Å². The predicted molar refractivity (Wildman–Crippen MR) is 64.8 cm³/mol. The molecule has 0 fully saturated rings. The second kappa shape index (κ2) is 3.43. The molecule has 1 N–H and O–H groups in total. The van der Waals surface area contributed by atoms with Gasteiger partial charge >= 0.3 is 0 Å². The van der Waals surface area contributed by atoms with Gasteiger partial charge < -0.3 is 4.98 Å². The third-order valence-electron chi connectivity index (χ3n) is 2.60. The first-order valence-corrected chi connectivity index (χ1v) is 5.67. The van der Waals surface area contributed by atoms with Crippen LogP contribution in [0.15, 0.2) is 22.7 Å². The molecular weight excluding hydrogens is 238 g/mol. The Hall–Kier alpha value is -0.760. The molecule has 2 heteroatoms. The SMILES string of the molecule is Cc1[nH]c2c(C(C)C)cccc2c1Br. The van der Waals surface area contributed by atoms with E-state index < -0.39 is 0 Å². The first kappa shape index (κ1) is 9.78. The van der Waals surface area contributed by atoms with Gasteiger partial charge in [0.25, 0.3) is 0 Å². The second-order valence-corrected chi connectivity index (χ2v) is 4.78. The first-order valence-electron chi connectivity index (χ1n) is 4.88. The van der Waals surface area contributed by atoms with Crippen LogP contribution in [0.3, 0.4) is 0 Å². The van der Waals surface area contributed by atoms with Crippen LogP contribution in [0.1, 0.15) is 31.0 Å². The maximum atomic E-state index is 3.60. The molecule has 0 aliphatic rings. The number of aromatic amines is 1. The lowest BCUT2D eigenvalue weighted by atomic mass is 10.0. The fourth-order valence-electron chi connectivity index (χ4n) is 1.82. The van der Waals surface area contributed by atoms with E-state index in [2.05, 4.69) is 59.9 Å². The van der Waals surface area contributed by atoms with Crippen molar-refractivity contribution >= 4 is 26.8 Å². The number of aryl methyl sites for hydroxylation is 1. The standard InChI is InChI=1S/C12H14BrN/c1-7(2)9-5-4-6-10-11(13)8(3)14-12(9)10/h4-7,14H,1-3H3. The number of rotatable bonds is 1. The molecule has 1 aromatic carbocycles. The van der Waals surface area contributed by atoms with Crippen LogP contribution in [0.4, 0.5) is 0 Å². The highest BCUT2D eigenvalue weighted by Crippen LogP contribution is 2.32. The van der Waals surface area contributed by atoms with E-state index in [-0.39, 0.29) is 0 Å². The Kier molecular flexibility index (Phi) is 2.40. The van der Waals surface area contributed by atoms with Crippen molar-refractivity contribution in [2.75, 3.05) is 0 Å². The van der Waals surface area contributed by atoms with Crippen LogP contribution in [0.2, 0.25) is 0 Å². The predicted octanol–water partition coefficient (Wildman–Crippen LogP) is 4.36. The van der Waals surface area contributed by atoms with Crippen LogP contribution in [0.25, 0.3) is 10.9 Å². The molecule has 0 radical (unpaired) electrons. The summed E-state index contributed by atoms with van der Waals surface area (Å²) < 4.78 is 1.19. The van der Waals surface area contributed by atoms with Crippen LogP contribution in [-0.2, 0) is 0 Å². The van der Waals surface area contributed by atoms with Gasteiger partial charge in [0, 0.05) is 15.6 Å². The summed E-state index contributed by atoms with van der Waals surface area (Å²) in [5.74, 6) is 0.559. The topological polar surface area (TPSA) is 15.8 Å². The number of hydrogen-bond donors (Lipinski definition) is 1. The van der Waals surface area contributed by atoms with Gasteiger partial charge in [-0.15, -0.1) is 0 Å². The van der Waals surface area contributed by atoms with Gasteiger partial charge in [0.05, 0.1) is 5.52 Å². The number of aromatic nitrogens is 1. The molecule has 0 bridgehead atoms. The van der Waals surface area contributed by atoms with E-state index in [0.29, 0.717) is 5.92 Å². The lowest BCUT2D eigenvalue weighted by Crippen LogP contribution is -1.88. The van der Waals surface area contributed by atoms with E-state index in [4.69, 9.17) is 0 Å². The summed E-state index contributed by atoms with van der Waals surface area (Å²) >= 11 is 3.60. The maximum Gasteiger partial charge on any atom is 0.0502 e. The fourth-order valence-corrected chi connectivity index (χ4v) is 2.25. The van der Waals surface area contributed by atoms with Crippen molar-refractivity contribution in [1.82, 2.24) is 4.98 Å². The molecule has 14 heavy (non-hydrogen) atoms. The van der Waals surface area contributed by atoms with E-state index >= 15 is 0 Å². The van der Waals surface area contributed by atoms with Gasteiger partial charge in [-0.2, -0.15) is 0 Å². The smallest absolute Gasteiger partial charge is 0.0502 e. The van der Waals surface area contributed by atoms with Crippen LogP contribution in [0, 0.1) is 6.92 Å². The highest BCUT2D eigenvalue weighted by atomic mass is 79.9. The van der Waals surface area contributed by atoms with Gasteiger partial charge in [0.1, 0.15) is 0 Å². The normalized spacial score (nSPS) is 11.5. The minimum absolute atomic E-state index is 0.559. The molecule has 0 aliphatic carbocycles. The molecule has 0 unspecified atom stereocenters. The number of nitrogens with one attached hydrogen (secondary N) is 1. The molecule has 0 atom stereocenters. The quantitative estimate of drug-likeness (QED) is 0.776. The van der Waals surface area contributed by atoms with Gasteiger partial charge in [-0.3, -0.25) is 0 Å². The van der Waals surface area contributed by atoms with Gasteiger partial charge in [-0.05, 0) is 34.3 Å². The number of hydrogen-bond acceptors (Lipinski definition) is 0. The van der Waals surface area contributed by atoms with Crippen molar-refractivity contribution in [3.05, 3.63) is 33.9 Å². The number of H-pyrrole nitrogens is 1. The van der Waals surface area contributed by atoms with Gasteiger partial charge in [0.15, 0.2) is 0 Å². The Morgan fingerprint density at radius 2 is 2.00 bits per heavy atom. The molecule has 2 aromatic rings. The van der Waals surface area contributed by atoms with Crippen molar-refractivity contribution in [3.8, 4) is 0 Å². The van der Waals surface area contributed by atoms with E-state index in [1.54, 1.807) is 0 Å². The summed E-state index contributed by atoms with van der Waals surface area (Å²) in [6, 6.07) is 6.46. The summed E-state index contributed by atoms with van der Waals surface area (Å²) in [6.07, 6.45) is 0. The third-order valence-corrected chi connectivity index (χ3v) is 3.62. The molecule has 0 saturated carbocycles. The van der Waals surface area contributed by atoms with Crippen LogP contribution in [-0.4, -0.2) is 4.98 Å². The number of para-hydroxylation sites is 1. The van der Waals surface area contributed by atoms with Crippen LogP contribution >= 0.6 is 15.9 Å². The van der Waals surface area contributed by atoms with Crippen LogP contribution < -0.4 is 0 Å². The zero-order valence-corrected chi connectivity index (χ0v) is 10.3. The highest BCUT2D eigenvalue weighted by Gasteiger charge is 2.10. The molecule has 74 valence electrons. The molecule has 0 aliphatic heterocycles. The minimum atomic E-state index is 0.559. The zero-order valence-electron chi connectivity index (χ0n) is 8.69. The highest BCUT2D eigenvalue weighted by molar-refractivity contribution is 9.10. The molecule has 1 heterocycles. The van der Waals surface area contributed by atoms with E-state index in [0.717, 1.165) is 0 Å². The minimum Gasteiger partial charge on any atom is -0.357 e. The van der Waals surface area contributed by atoms with Crippen molar-refractivity contribution < 1.29 is 0 Å². The molecule has 0 spiro atoms. The van der Waals surface area contributed by atoms with Crippen molar-refractivity contribution in [2.24, 2.45) is 0 Å². The molecule has 1 nitrogen and oxygen atoms in total. The first-order chi connectivity index (χ1) is 6.61. The molecule has 2 rings (SSSR count). The number of halogens is 1. The third kappa shape index (κ3) is 1.38. The largest absolute Gasteiger partial charge is 0.357 e. The van der Waals surface area contributed by atoms with Crippen molar-refractivity contribution in [3.63, 3.8) is 0 Å². The van der Waals surface area contributed by atoms with Crippen LogP contribution in [0.5, 0.6) is 0 Å². The van der Waals surface area contributed by atoms with Gasteiger partial charge in [0.2, 0.25) is 0 Å². The summed E-state index contributed by atoms with van der Waals surface area (Å²) in [6.45, 7) is 6.53. The molecule has 1 aromatic heterocycles. The fraction of sp³-hybridized carbons (Fsp3) is 0.333. The van der Waals surface area contributed by atoms with E-state index in [1.165, 1.54) is 26.6 Å². The molecule has 0 amide bonds. The number of fused-ring (bicyclic) bond motifs is 1. The number of benzene rings is 1. The maximum absolute atomic E-state index is 3.60. The lowest BCUT2D eigenvalue weighted by Gasteiger charge is -2.06. The zero-order chi connectivity index (χ0) is 10.3. The summed E-state index contributed by atoms with van der Waals surface area (Å²) in [7, 11) is 0. The van der Waals surface area contributed by atoms with Crippen molar-refractivity contribution in [1.29, 1.82) is 0 Å². The van der Waals surface area contributed by atoms with E-state index in [9.17, 15) is 0 Å².